The Labute approximate surface area is 113 Å². The van der Waals surface area contributed by atoms with E-state index >= 15 is 0 Å². The largest absolute Gasteiger partial charge is 0.316 e. The first-order valence-corrected chi connectivity index (χ1v) is 9.18. The highest BCUT2D eigenvalue weighted by atomic mass is 32.2. The topological polar surface area (TPSA) is 46.2 Å². The average molecular weight is 275 g/mol. The molecule has 0 bridgehead atoms. The van der Waals surface area contributed by atoms with Crippen LogP contribution in [0.2, 0.25) is 0 Å². The van der Waals surface area contributed by atoms with Gasteiger partial charge in [-0.3, -0.25) is 0 Å². The molecule has 4 heteroatoms. The van der Waals surface area contributed by atoms with Crippen molar-refractivity contribution in [1.82, 2.24) is 5.32 Å². The lowest BCUT2D eigenvalue weighted by atomic mass is 9.86. The lowest BCUT2D eigenvalue weighted by Crippen LogP contribution is -2.29. The Balaban J connectivity index is 2.48. The Morgan fingerprint density at radius 2 is 2.00 bits per heavy atom. The Hall–Kier alpha value is -0.0900. The van der Waals surface area contributed by atoms with Gasteiger partial charge in [0.05, 0.1) is 11.5 Å². The quantitative estimate of drug-likeness (QED) is 0.692. The molecule has 0 radical (unpaired) electrons. The van der Waals surface area contributed by atoms with Gasteiger partial charge < -0.3 is 5.32 Å². The van der Waals surface area contributed by atoms with Crippen LogP contribution in [-0.4, -0.2) is 33.0 Å². The molecule has 1 rings (SSSR count). The maximum atomic E-state index is 11.6. The molecule has 0 saturated carbocycles. The van der Waals surface area contributed by atoms with Crippen molar-refractivity contribution in [3.8, 4) is 0 Å². The fraction of sp³-hybridized carbons (Fsp3) is 1.00. The summed E-state index contributed by atoms with van der Waals surface area (Å²) in [4.78, 5) is 0. The summed E-state index contributed by atoms with van der Waals surface area (Å²) in [5, 5.41) is 3.47. The van der Waals surface area contributed by atoms with Gasteiger partial charge in [0.25, 0.3) is 0 Å². The van der Waals surface area contributed by atoms with E-state index in [1.165, 1.54) is 6.42 Å². The summed E-state index contributed by atoms with van der Waals surface area (Å²) in [6.45, 7) is 8.67. The van der Waals surface area contributed by atoms with E-state index in [4.69, 9.17) is 0 Å². The van der Waals surface area contributed by atoms with Crippen molar-refractivity contribution in [2.75, 3.05) is 24.6 Å². The summed E-state index contributed by atoms with van der Waals surface area (Å²) in [5.41, 5.74) is 0. The van der Waals surface area contributed by atoms with Gasteiger partial charge >= 0.3 is 0 Å². The molecule has 18 heavy (non-hydrogen) atoms. The van der Waals surface area contributed by atoms with Gasteiger partial charge in [0.1, 0.15) is 0 Å². The Morgan fingerprint density at radius 1 is 1.28 bits per heavy atom. The molecule has 0 spiro atoms. The van der Waals surface area contributed by atoms with E-state index in [2.05, 4.69) is 26.1 Å². The molecule has 0 aliphatic carbocycles. The standard InChI is InChI=1S/C14H29NO2S/c1-4-8-15-10-13(6-5-12(2)3)14-7-9-18(16,17)11-14/h12-15H,4-11H2,1-3H3. The second-order valence-corrected chi connectivity index (χ2v) is 8.33. The van der Waals surface area contributed by atoms with Crippen LogP contribution in [0.3, 0.4) is 0 Å². The molecule has 2 atom stereocenters. The number of sulfone groups is 1. The lowest BCUT2D eigenvalue weighted by Gasteiger charge is -2.24. The molecule has 1 saturated heterocycles. The molecular weight excluding hydrogens is 246 g/mol. The Kier molecular flexibility index (Phi) is 6.64. The second-order valence-electron chi connectivity index (χ2n) is 6.10. The third-order valence-corrected chi connectivity index (χ3v) is 5.68. The van der Waals surface area contributed by atoms with E-state index in [0.29, 0.717) is 29.3 Å². The number of rotatable bonds is 8. The average Bonchev–Trinajstić information content (AvgIpc) is 2.63. The molecule has 0 amide bonds. The first-order valence-electron chi connectivity index (χ1n) is 7.35. The van der Waals surface area contributed by atoms with Crippen LogP contribution in [0.25, 0.3) is 0 Å². The first kappa shape index (κ1) is 16.0. The minimum atomic E-state index is -2.74. The van der Waals surface area contributed by atoms with E-state index < -0.39 is 9.84 Å². The van der Waals surface area contributed by atoms with Crippen LogP contribution in [-0.2, 0) is 9.84 Å². The van der Waals surface area contributed by atoms with Gasteiger partial charge in [-0.15, -0.1) is 0 Å². The van der Waals surface area contributed by atoms with Crippen LogP contribution in [0.1, 0.15) is 46.5 Å². The van der Waals surface area contributed by atoms with Crippen LogP contribution >= 0.6 is 0 Å². The third kappa shape index (κ3) is 5.70. The summed E-state index contributed by atoms with van der Waals surface area (Å²) in [7, 11) is -2.74. The maximum Gasteiger partial charge on any atom is 0.150 e. The SMILES string of the molecule is CCCNCC(CCC(C)C)C1CCS(=O)(=O)C1. The molecular formula is C14H29NO2S. The lowest BCUT2D eigenvalue weighted by molar-refractivity contribution is 0.304. The molecule has 0 aromatic heterocycles. The Morgan fingerprint density at radius 3 is 2.50 bits per heavy atom. The molecule has 1 fully saturated rings. The highest BCUT2D eigenvalue weighted by Crippen LogP contribution is 2.29. The van der Waals surface area contributed by atoms with Crippen molar-refractivity contribution in [2.45, 2.75) is 46.5 Å². The zero-order valence-electron chi connectivity index (χ0n) is 12.1. The van der Waals surface area contributed by atoms with Gasteiger partial charge in [0.2, 0.25) is 0 Å². The van der Waals surface area contributed by atoms with Crippen molar-refractivity contribution in [1.29, 1.82) is 0 Å². The van der Waals surface area contributed by atoms with Gasteiger partial charge in [-0.05, 0) is 50.1 Å². The molecule has 1 heterocycles. The van der Waals surface area contributed by atoms with Gasteiger partial charge in [-0.2, -0.15) is 0 Å². The smallest absolute Gasteiger partial charge is 0.150 e. The number of nitrogens with one attached hydrogen (secondary N) is 1. The van der Waals surface area contributed by atoms with Gasteiger partial charge in [-0.25, -0.2) is 8.42 Å². The van der Waals surface area contributed by atoms with E-state index in [1.807, 2.05) is 0 Å². The third-order valence-electron chi connectivity index (χ3n) is 3.88. The summed E-state index contributed by atoms with van der Waals surface area (Å²) in [5.74, 6) is 2.46. The molecule has 108 valence electrons. The summed E-state index contributed by atoms with van der Waals surface area (Å²) < 4.78 is 23.2. The van der Waals surface area contributed by atoms with Crippen LogP contribution in [0.4, 0.5) is 0 Å². The highest BCUT2D eigenvalue weighted by Gasteiger charge is 2.33. The molecule has 3 nitrogen and oxygen atoms in total. The molecule has 1 aliphatic rings. The van der Waals surface area contributed by atoms with Crippen LogP contribution in [0, 0.1) is 17.8 Å². The molecule has 1 aliphatic heterocycles. The molecule has 2 unspecified atom stereocenters. The van der Waals surface area contributed by atoms with Crippen LogP contribution in [0.5, 0.6) is 0 Å². The van der Waals surface area contributed by atoms with Crippen LogP contribution in [0.15, 0.2) is 0 Å². The fourth-order valence-corrected chi connectivity index (χ4v) is 4.63. The van der Waals surface area contributed by atoms with Gasteiger partial charge in [0.15, 0.2) is 9.84 Å². The monoisotopic (exact) mass is 275 g/mol. The van der Waals surface area contributed by atoms with Crippen molar-refractivity contribution in [3.63, 3.8) is 0 Å². The van der Waals surface area contributed by atoms with E-state index in [9.17, 15) is 8.42 Å². The van der Waals surface area contributed by atoms with Crippen molar-refractivity contribution < 1.29 is 8.42 Å². The Bertz CT molecular complexity index is 325. The highest BCUT2D eigenvalue weighted by molar-refractivity contribution is 7.91. The van der Waals surface area contributed by atoms with Crippen molar-refractivity contribution in [2.24, 2.45) is 17.8 Å². The summed E-state index contributed by atoms with van der Waals surface area (Å²) >= 11 is 0. The van der Waals surface area contributed by atoms with Gasteiger partial charge in [0, 0.05) is 0 Å². The normalized spacial score (nSPS) is 24.6. The van der Waals surface area contributed by atoms with Crippen molar-refractivity contribution in [3.05, 3.63) is 0 Å². The fourth-order valence-electron chi connectivity index (χ4n) is 2.71. The molecule has 0 aromatic rings. The molecule has 0 aromatic carbocycles. The molecule has 1 N–H and O–H groups in total. The summed E-state index contributed by atoms with van der Waals surface area (Å²) in [6, 6.07) is 0. The predicted molar refractivity (Wildman–Crippen MR) is 77.5 cm³/mol. The van der Waals surface area contributed by atoms with Crippen molar-refractivity contribution >= 4 is 9.84 Å². The second kappa shape index (κ2) is 7.49. The minimum absolute atomic E-state index is 0.387. The van der Waals surface area contributed by atoms with E-state index in [-0.39, 0.29) is 0 Å². The number of hydrogen-bond donors (Lipinski definition) is 1. The summed E-state index contributed by atoms with van der Waals surface area (Å²) in [6.07, 6.45) is 4.38. The van der Waals surface area contributed by atoms with Crippen LogP contribution < -0.4 is 5.32 Å². The predicted octanol–water partition coefficient (Wildman–Crippen LogP) is 2.47. The van der Waals surface area contributed by atoms with E-state index in [1.54, 1.807) is 0 Å². The minimum Gasteiger partial charge on any atom is -0.316 e. The van der Waals surface area contributed by atoms with E-state index in [0.717, 1.165) is 32.4 Å². The zero-order valence-corrected chi connectivity index (χ0v) is 12.9. The first-order chi connectivity index (χ1) is 8.44. The number of hydrogen-bond acceptors (Lipinski definition) is 3. The zero-order chi connectivity index (χ0) is 13.6. The van der Waals surface area contributed by atoms with Gasteiger partial charge in [-0.1, -0.05) is 27.2 Å². The maximum absolute atomic E-state index is 11.6.